The minimum Gasteiger partial charge on any atom is -0.298 e. The van der Waals surface area contributed by atoms with E-state index in [1.165, 1.54) is 10.6 Å². The van der Waals surface area contributed by atoms with Crippen molar-refractivity contribution in [3.8, 4) is 11.4 Å². The zero-order valence-electron chi connectivity index (χ0n) is 18.9. The molecule has 0 N–H and O–H groups in total. The number of rotatable bonds is 9. The first-order valence-corrected chi connectivity index (χ1v) is 12.8. The van der Waals surface area contributed by atoms with E-state index < -0.39 is 7.92 Å². The Labute approximate surface area is 192 Å². The Morgan fingerprint density at radius 2 is 1.09 bits per heavy atom. The topological polar surface area (TPSA) is 29.0 Å². The van der Waals surface area contributed by atoms with Crippen molar-refractivity contribution in [2.24, 2.45) is 0 Å². The second-order valence-electron chi connectivity index (χ2n) is 7.75. The third-order valence-corrected chi connectivity index (χ3v) is 8.10. The maximum absolute atomic E-state index is 5.03. The maximum Gasteiger partial charge on any atom is 0.0890 e. The van der Waals surface area contributed by atoms with Crippen LogP contribution in [0, 0.1) is 0 Å². The van der Waals surface area contributed by atoms with E-state index in [4.69, 9.17) is 9.97 Å². The van der Waals surface area contributed by atoms with Gasteiger partial charge in [-0.1, -0.05) is 86.6 Å². The second kappa shape index (κ2) is 11.1. The van der Waals surface area contributed by atoms with Gasteiger partial charge in [0.25, 0.3) is 0 Å². The molecule has 0 atom stereocenters. The van der Waals surface area contributed by atoms with E-state index in [9.17, 15) is 0 Å². The highest BCUT2D eigenvalue weighted by atomic mass is 31.1. The minimum absolute atomic E-state index is 0.521. The van der Waals surface area contributed by atoms with Crippen LogP contribution in [0.25, 0.3) is 11.4 Å². The monoisotopic (exact) mass is 439 g/mol. The van der Waals surface area contributed by atoms with Crippen molar-refractivity contribution in [3.63, 3.8) is 0 Å². The van der Waals surface area contributed by atoms with E-state index in [0.29, 0.717) is 0 Å². The lowest BCUT2D eigenvalue weighted by Crippen LogP contribution is -2.22. The molecule has 0 aliphatic carbocycles. The Bertz CT molecular complexity index is 1070. The van der Waals surface area contributed by atoms with Crippen LogP contribution in [0.1, 0.15) is 25.2 Å². The summed E-state index contributed by atoms with van der Waals surface area (Å²) in [5.41, 5.74) is 4.09. The standard InChI is InChI=1S/C28H30N3P/c1-3-31(4-2)21-23-13-11-19-27(29-23)28-20-12-14-24(30-28)22-32(25-15-7-5-8-16-25)26-17-9-6-10-18-26/h5-20H,3-4,21-22H2,1-2H3. The van der Waals surface area contributed by atoms with Gasteiger partial charge in [0.2, 0.25) is 0 Å². The lowest BCUT2D eigenvalue weighted by molar-refractivity contribution is 0.292. The van der Waals surface area contributed by atoms with E-state index >= 15 is 0 Å². The van der Waals surface area contributed by atoms with Crippen molar-refractivity contribution < 1.29 is 0 Å². The van der Waals surface area contributed by atoms with Gasteiger partial charge in [-0.15, -0.1) is 0 Å². The molecule has 0 radical (unpaired) electrons. The van der Waals surface area contributed by atoms with Crippen LogP contribution in [-0.4, -0.2) is 28.0 Å². The first kappa shape index (κ1) is 22.3. The summed E-state index contributed by atoms with van der Waals surface area (Å²) in [4.78, 5) is 12.3. The SMILES string of the molecule is CCN(CC)Cc1cccc(-c2cccc(CP(c3ccccc3)c3ccccc3)n2)n1. The molecular formula is C28H30N3P. The molecule has 32 heavy (non-hydrogen) atoms. The average Bonchev–Trinajstić information content (AvgIpc) is 2.87. The Kier molecular flexibility index (Phi) is 7.77. The third-order valence-electron chi connectivity index (χ3n) is 5.61. The maximum atomic E-state index is 5.03. The van der Waals surface area contributed by atoms with Crippen LogP contribution >= 0.6 is 7.92 Å². The summed E-state index contributed by atoms with van der Waals surface area (Å²) in [5.74, 6) is 0. The van der Waals surface area contributed by atoms with Gasteiger partial charge in [0.15, 0.2) is 0 Å². The molecule has 0 spiro atoms. The molecule has 0 aliphatic rings. The summed E-state index contributed by atoms with van der Waals surface area (Å²) in [6.07, 6.45) is 0.913. The van der Waals surface area contributed by atoms with Crippen molar-refractivity contribution in [1.82, 2.24) is 14.9 Å². The van der Waals surface area contributed by atoms with Gasteiger partial charge >= 0.3 is 0 Å². The molecular weight excluding hydrogens is 409 g/mol. The van der Waals surface area contributed by atoms with Gasteiger partial charge in [-0.25, -0.2) is 4.98 Å². The third kappa shape index (κ3) is 5.68. The van der Waals surface area contributed by atoms with Crippen molar-refractivity contribution in [2.45, 2.75) is 26.6 Å². The Hall–Kier alpha value is -2.87. The number of aromatic nitrogens is 2. The van der Waals surface area contributed by atoms with Crippen LogP contribution in [0.15, 0.2) is 97.1 Å². The summed E-state index contributed by atoms with van der Waals surface area (Å²) in [5, 5.41) is 2.75. The normalized spacial score (nSPS) is 11.2. The molecule has 4 heteroatoms. The molecule has 0 saturated heterocycles. The Morgan fingerprint density at radius 1 is 0.594 bits per heavy atom. The molecule has 4 rings (SSSR count). The van der Waals surface area contributed by atoms with E-state index in [1.54, 1.807) is 0 Å². The zero-order valence-corrected chi connectivity index (χ0v) is 19.7. The van der Waals surface area contributed by atoms with Gasteiger partial charge in [-0.05, 0) is 55.9 Å². The number of pyridine rings is 2. The van der Waals surface area contributed by atoms with Crippen molar-refractivity contribution in [1.29, 1.82) is 0 Å². The molecule has 3 nitrogen and oxygen atoms in total. The molecule has 0 unspecified atom stereocenters. The van der Waals surface area contributed by atoms with Gasteiger partial charge < -0.3 is 0 Å². The zero-order chi connectivity index (χ0) is 22.2. The highest BCUT2D eigenvalue weighted by Gasteiger charge is 2.15. The largest absolute Gasteiger partial charge is 0.298 e. The molecule has 2 aromatic heterocycles. The number of hydrogen-bond donors (Lipinski definition) is 0. The van der Waals surface area contributed by atoms with Gasteiger partial charge in [0, 0.05) is 18.4 Å². The summed E-state index contributed by atoms with van der Waals surface area (Å²) in [6, 6.07) is 34.2. The Balaban J connectivity index is 1.61. The molecule has 0 fully saturated rings. The van der Waals surface area contributed by atoms with Crippen molar-refractivity contribution >= 4 is 18.5 Å². The van der Waals surface area contributed by atoms with Crippen LogP contribution in [0.3, 0.4) is 0 Å². The van der Waals surface area contributed by atoms with Gasteiger partial charge in [0.05, 0.1) is 17.1 Å². The number of hydrogen-bond acceptors (Lipinski definition) is 3. The lowest BCUT2D eigenvalue weighted by Gasteiger charge is -2.19. The summed E-state index contributed by atoms with van der Waals surface area (Å²) in [7, 11) is -0.521. The van der Waals surface area contributed by atoms with Crippen LogP contribution in [0.5, 0.6) is 0 Å². The van der Waals surface area contributed by atoms with Crippen LogP contribution in [0.4, 0.5) is 0 Å². The lowest BCUT2D eigenvalue weighted by atomic mass is 10.2. The van der Waals surface area contributed by atoms with Gasteiger partial charge in [0.1, 0.15) is 0 Å². The van der Waals surface area contributed by atoms with Gasteiger partial charge in [-0.3, -0.25) is 9.88 Å². The first-order chi connectivity index (χ1) is 15.8. The average molecular weight is 440 g/mol. The molecule has 4 aromatic rings. The smallest absolute Gasteiger partial charge is 0.0890 e. The first-order valence-electron chi connectivity index (χ1n) is 11.3. The highest BCUT2D eigenvalue weighted by Crippen LogP contribution is 2.37. The fourth-order valence-electron chi connectivity index (χ4n) is 3.81. The van der Waals surface area contributed by atoms with E-state index in [-0.39, 0.29) is 0 Å². The van der Waals surface area contributed by atoms with E-state index in [2.05, 4.69) is 116 Å². The summed E-state index contributed by atoms with van der Waals surface area (Å²) in [6.45, 7) is 7.30. The fraction of sp³-hybridized carbons (Fsp3) is 0.214. The summed E-state index contributed by atoms with van der Waals surface area (Å²) >= 11 is 0. The second-order valence-corrected chi connectivity index (χ2v) is 9.95. The van der Waals surface area contributed by atoms with Crippen LogP contribution in [-0.2, 0) is 12.7 Å². The molecule has 162 valence electrons. The van der Waals surface area contributed by atoms with E-state index in [0.717, 1.165) is 48.6 Å². The predicted octanol–water partition coefficient (Wildman–Crippen LogP) is 5.62. The predicted molar refractivity (Wildman–Crippen MR) is 137 cm³/mol. The molecule has 0 amide bonds. The summed E-state index contributed by atoms with van der Waals surface area (Å²) < 4.78 is 0. The van der Waals surface area contributed by atoms with Gasteiger partial charge in [-0.2, -0.15) is 0 Å². The minimum atomic E-state index is -0.521. The molecule has 0 saturated carbocycles. The Morgan fingerprint density at radius 3 is 1.62 bits per heavy atom. The number of benzene rings is 2. The quantitative estimate of drug-likeness (QED) is 0.317. The molecule has 0 bridgehead atoms. The molecule has 2 aromatic carbocycles. The molecule has 0 aliphatic heterocycles. The highest BCUT2D eigenvalue weighted by molar-refractivity contribution is 7.72. The fourth-order valence-corrected chi connectivity index (χ4v) is 6.03. The molecule has 2 heterocycles. The number of nitrogens with zero attached hydrogens (tertiary/aromatic N) is 3. The van der Waals surface area contributed by atoms with Crippen molar-refractivity contribution in [2.75, 3.05) is 13.1 Å². The van der Waals surface area contributed by atoms with Crippen molar-refractivity contribution in [3.05, 3.63) is 108 Å². The van der Waals surface area contributed by atoms with Crippen LogP contribution in [0.2, 0.25) is 0 Å². The van der Waals surface area contributed by atoms with Crippen LogP contribution < -0.4 is 10.6 Å². The van der Waals surface area contributed by atoms with E-state index in [1.807, 2.05) is 0 Å².